The molecule has 0 aliphatic heterocycles. The third-order valence-electron chi connectivity index (χ3n) is 2.47. The highest BCUT2D eigenvalue weighted by Gasteiger charge is 2.14. The molecule has 1 aliphatic rings. The summed E-state index contributed by atoms with van der Waals surface area (Å²) in [7, 11) is 0. The van der Waals surface area contributed by atoms with Gasteiger partial charge in [-0.25, -0.2) is 4.99 Å². The minimum atomic E-state index is -0.0892. The first-order chi connectivity index (χ1) is 7.22. The van der Waals surface area contributed by atoms with Crippen molar-refractivity contribution < 1.29 is 4.79 Å². The van der Waals surface area contributed by atoms with Crippen LogP contribution in [0.3, 0.4) is 0 Å². The van der Waals surface area contributed by atoms with Crippen molar-refractivity contribution in [2.24, 2.45) is 10.7 Å². The van der Waals surface area contributed by atoms with E-state index in [1.807, 2.05) is 6.92 Å². The minimum absolute atomic E-state index is 0.0892. The van der Waals surface area contributed by atoms with E-state index in [1.165, 1.54) is 12.8 Å². The number of hydrogen-bond acceptors (Lipinski definition) is 2. The van der Waals surface area contributed by atoms with Crippen LogP contribution in [-0.4, -0.2) is 31.0 Å². The van der Waals surface area contributed by atoms with Crippen LogP contribution in [0.15, 0.2) is 4.99 Å². The number of carbonyl (C=O) groups is 1. The first-order valence-corrected chi connectivity index (χ1v) is 5.55. The molecule has 5 heteroatoms. The van der Waals surface area contributed by atoms with Gasteiger partial charge in [0.2, 0.25) is 5.91 Å². The van der Waals surface area contributed by atoms with Crippen molar-refractivity contribution in [2.75, 3.05) is 13.1 Å². The smallest absolute Gasteiger partial charge is 0.241 e. The average Bonchev–Trinajstić information content (AvgIpc) is 2.68. The molecule has 0 spiro atoms. The summed E-state index contributed by atoms with van der Waals surface area (Å²) in [5.74, 6) is 0.293. The maximum Gasteiger partial charge on any atom is 0.241 e. The summed E-state index contributed by atoms with van der Waals surface area (Å²) >= 11 is 0. The van der Waals surface area contributed by atoms with Crippen LogP contribution in [-0.2, 0) is 4.79 Å². The van der Waals surface area contributed by atoms with Gasteiger partial charge in [-0.1, -0.05) is 12.8 Å². The zero-order valence-corrected chi connectivity index (χ0v) is 9.25. The lowest BCUT2D eigenvalue weighted by molar-refractivity contribution is -0.119. The number of guanidine groups is 1. The van der Waals surface area contributed by atoms with Crippen LogP contribution < -0.4 is 16.4 Å². The van der Waals surface area contributed by atoms with Crippen LogP contribution in [0, 0.1) is 0 Å². The number of nitrogens with two attached hydrogens (primary N) is 1. The lowest BCUT2D eigenvalue weighted by Crippen LogP contribution is -2.39. The number of likely N-dealkylation sites (N-methyl/N-ethyl adjacent to an activating group) is 1. The van der Waals surface area contributed by atoms with Gasteiger partial charge >= 0.3 is 0 Å². The summed E-state index contributed by atoms with van der Waals surface area (Å²) < 4.78 is 0. The molecule has 1 rings (SSSR count). The summed E-state index contributed by atoms with van der Waals surface area (Å²) in [5, 5.41) is 5.79. The molecule has 0 bridgehead atoms. The van der Waals surface area contributed by atoms with Crippen LogP contribution in [0.25, 0.3) is 0 Å². The van der Waals surface area contributed by atoms with Crippen LogP contribution in [0.4, 0.5) is 0 Å². The fraction of sp³-hybridized carbons (Fsp3) is 0.800. The Morgan fingerprint density at radius 3 is 2.73 bits per heavy atom. The van der Waals surface area contributed by atoms with Crippen molar-refractivity contribution in [3.8, 4) is 0 Å². The summed E-state index contributed by atoms with van der Waals surface area (Å²) in [4.78, 5) is 15.1. The van der Waals surface area contributed by atoms with Crippen LogP contribution in [0.2, 0.25) is 0 Å². The molecule has 0 aromatic heterocycles. The van der Waals surface area contributed by atoms with Gasteiger partial charge in [0.15, 0.2) is 5.96 Å². The Morgan fingerprint density at radius 1 is 1.47 bits per heavy atom. The molecule has 4 N–H and O–H groups in total. The Kier molecular flexibility index (Phi) is 4.93. The van der Waals surface area contributed by atoms with Crippen molar-refractivity contribution in [2.45, 2.75) is 38.6 Å². The van der Waals surface area contributed by atoms with Crippen LogP contribution in [0.5, 0.6) is 0 Å². The molecule has 1 fully saturated rings. The van der Waals surface area contributed by atoms with E-state index in [-0.39, 0.29) is 12.5 Å². The van der Waals surface area contributed by atoms with Crippen molar-refractivity contribution in [3.63, 3.8) is 0 Å². The van der Waals surface area contributed by atoms with Gasteiger partial charge in [-0.3, -0.25) is 4.79 Å². The molecule has 0 atom stereocenters. The molecule has 0 unspecified atom stereocenters. The predicted octanol–water partition coefficient (Wildman–Crippen LogP) is -0.0306. The molecule has 0 saturated heterocycles. The maximum atomic E-state index is 11.1. The second kappa shape index (κ2) is 6.27. The van der Waals surface area contributed by atoms with Crippen LogP contribution in [0.1, 0.15) is 32.6 Å². The number of nitrogens with zero attached hydrogens (tertiary/aromatic N) is 1. The second-order valence-electron chi connectivity index (χ2n) is 3.78. The van der Waals surface area contributed by atoms with Gasteiger partial charge in [-0.15, -0.1) is 0 Å². The molecule has 0 aromatic carbocycles. The Balaban J connectivity index is 2.22. The lowest BCUT2D eigenvalue weighted by Gasteiger charge is -2.11. The van der Waals surface area contributed by atoms with E-state index in [0.29, 0.717) is 18.5 Å². The average molecular weight is 212 g/mol. The van der Waals surface area contributed by atoms with E-state index < -0.39 is 0 Å². The normalized spacial score (nSPS) is 17.8. The van der Waals surface area contributed by atoms with Gasteiger partial charge in [-0.05, 0) is 19.8 Å². The highest BCUT2D eigenvalue weighted by molar-refractivity contribution is 5.84. The van der Waals surface area contributed by atoms with Crippen LogP contribution >= 0.6 is 0 Å². The predicted molar refractivity (Wildman–Crippen MR) is 60.6 cm³/mol. The minimum Gasteiger partial charge on any atom is -0.370 e. The zero-order chi connectivity index (χ0) is 11.1. The fourth-order valence-corrected chi connectivity index (χ4v) is 1.73. The van der Waals surface area contributed by atoms with Crippen molar-refractivity contribution in [1.29, 1.82) is 0 Å². The Labute approximate surface area is 90.5 Å². The topological polar surface area (TPSA) is 79.5 Å². The summed E-state index contributed by atoms with van der Waals surface area (Å²) in [6, 6.07) is 0.447. The van der Waals surface area contributed by atoms with Gasteiger partial charge < -0.3 is 16.4 Å². The van der Waals surface area contributed by atoms with Gasteiger partial charge in [-0.2, -0.15) is 0 Å². The molecule has 0 aromatic rings. The maximum absolute atomic E-state index is 11.1. The van der Waals surface area contributed by atoms with E-state index in [9.17, 15) is 4.79 Å². The van der Waals surface area contributed by atoms with Gasteiger partial charge in [0.25, 0.3) is 0 Å². The zero-order valence-electron chi connectivity index (χ0n) is 9.25. The number of rotatable bonds is 4. The third-order valence-corrected chi connectivity index (χ3v) is 2.47. The second-order valence-corrected chi connectivity index (χ2v) is 3.78. The van der Waals surface area contributed by atoms with Gasteiger partial charge in [0.05, 0.1) is 0 Å². The Morgan fingerprint density at radius 2 is 2.13 bits per heavy atom. The molecular weight excluding hydrogens is 192 g/mol. The standard InChI is InChI=1S/C10H20N4O/c1-2-12-9(15)7-13-10(11)14-8-5-3-4-6-8/h8H,2-7H2,1H3,(H,12,15)(H3,11,13,14). The van der Waals surface area contributed by atoms with Crippen molar-refractivity contribution in [1.82, 2.24) is 10.6 Å². The van der Waals surface area contributed by atoms with E-state index >= 15 is 0 Å². The molecule has 1 amide bonds. The molecule has 1 saturated carbocycles. The van der Waals surface area contributed by atoms with Gasteiger partial charge in [0.1, 0.15) is 6.54 Å². The fourth-order valence-electron chi connectivity index (χ4n) is 1.73. The van der Waals surface area contributed by atoms with Crippen molar-refractivity contribution in [3.05, 3.63) is 0 Å². The Hall–Kier alpha value is -1.26. The van der Waals surface area contributed by atoms with E-state index in [0.717, 1.165) is 12.8 Å². The van der Waals surface area contributed by atoms with Crippen molar-refractivity contribution >= 4 is 11.9 Å². The summed E-state index contributed by atoms with van der Waals surface area (Å²) in [6.45, 7) is 2.62. The monoisotopic (exact) mass is 212 g/mol. The highest BCUT2D eigenvalue weighted by Crippen LogP contribution is 2.17. The first kappa shape index (κ1) is 11.8. The number of amides is 1. The quantitative estimate of drug-likeness (QED) is 0.452. The molecule has 86 valence electrons. The van der Waals surface area contributed by atoms with E-state index in [2.05, 4.69) is 15.6 Å². The first-order valence-electron chi connectivity index (χ1n) is 5.55. The largest absolute Gasteiger partial charge is 0.370 e. The molecule has 5 nitrogen and oxygen atoms in total. The number of nitrogens with one attached hydrogen (secondary N) is 2. The number of hydrogen-bond donors (Lipinski definition) is 3. The SMILES string of the molecule is CCNC(=O)CN=C(N)NC1CCCC1. The van der Waals surface area contributed by atoms with E-state index in [1.54, 1.807) is 0 Å². The Bertz CT molecular complexity index is 234. The van der Waals surface area contributed by atoms with E-state index in [4.69, 9.17) is 5.73 Å². The molecule has 1 aliphatic carbocycles. The number of aliphatic imine (C=N–C) groups is 1. The lowest BCUT2D eigenvalue weighted by atomic mass is 10.2. The number of carbonyl (C=O) groups excluding carboxylic acids is 1. The molecule has 0 heterocycles. The molecular formula is C10H20N4O. The van der Waals surface area contributed by atoms with Gasteiger partial charge in [0, 0.05) is 12.6 Å². The summed E-state index contributed by atoms with van der Waals surface area (Å²) in [6.07, 6.45) is 4.80. The summed E-state index contributed by atoms with van der Waals surface area (Å²) in [5.41, 5.74) is 5.66. The molecule has 0 radical (unpaired) electrons. The highest BCUT2D eigenvalue weighted by atomic mass is 16.1. The molecule has 15 heavy (non-hydrogen) atoms. The third kappa shape index (κ3) is 4.67.